The van der Waals surface area contributed by atoms with Gasteiger partial charge in [0.05, 0.1) is 36.9 Å². The first-order valence-corrected chi connectivity index (χ1v) is 11.7. The molecule has 1 heterocycles. The van der Waals surface area contributed by atoms with Gasteiger partial charge < -0.3 is 19.2 Å². The molecule has 0 aliphatic carbocycles. The quantitative estimate of drug-likeness (QED) is 0.460. The number of carbonyl (C=O) groups is 1. The second-order valence-electron chi connectivity index (χ2n) is 7.70. The van der Waals surface area contributed by atoms with Gasteiger partial charge in [0.15, 0.2) is 17.2 Å². The maximum absolute atomic E-state index is 13.2. The van der Waals surface area contributed by atoms with Crippen molar-refractivity contribution in [2.75, 3.05) is 25.5 Å². The van der Waals surface area contributed by atoms with Gasteiger partial charge in [-0.15, -0.1) is 0 Å². The number of carbonyl (C=O) groups excluding carboxylic acids is 1. The number of aromatic amines is 1. The van der Waals surface area contributed by atoms with E-state index in [4.69, 9.17) is 14.2 Å². The third-order valence-electron chi connectivity index (χ3n) is 4.90. The van der Waals surface area contributed by atoms with Gasteiger partial charge in [-0.05, 0) is 43.0 Å². The van der Waals surface area contributed by atoms with Crippen LogP contribution in [0.3, 0.4) is 0 Å². The SMILES string of the molecule is CCOC(=O)c1[nH]c2cc(OC)c(OC)cc2c1NS(=O)(=O)c1ccc(CC(C)C)cc1. The van der Waals surface area contributed by atoms with Crippen LogP contribution in [0.2, 0.25) is 0 Å². The molecule has 1 aromatic heterocycles. The van der Waals surface area contributed by atoms with Crippen LogP contribution in [0.5, 0.6) is 11.5 Å². The number of aromatic nitrogens is 1. The van der Waals surface area contributed by atoms with Gasteiger partial charge in [-0.3, -0.25) is 4.72 Å². The molecular formula is C23H28N2O6S. The maximum atomic E-state index is 13.2. The van der Waals surface area contributed by atoms with Gasteiger partial charge in [0.2, 0.25) is 0 Å². The molecule has 3 aromatic rings. The summed E-state index contributed by atoms with van der Waals surface area (Å²) >= 11 is 0. The normalized spacial score (nSPS) is 11.6. The summed E-state index contributed by atoms with van der Waals surface area (Å²) in [5.41, 5.74) is 1.63. The molecule has 0 aliphatic heterocycles. The second kappa shape index (κ2) is 9.52. The van der Waals surface area contributed by atoms with E-state index in [2.05, 4.69) is 23.6 Å². The lowest BCUT2D eigenvalue weighted by atomic mass is 10.0. The van der Waals surface area contributed by atoms with Crippen LogP contribution in [0.4, 0.5) is 5.69 Å². The molecule has 0 bridgehead atoms. The van der Waals surface area contributed by atoms with Crippen LogP contribution in [0.1, 0.15) is 36.8 Å². The highest BCUT2D eigenvalue weighted by Gasteiger charge is 2.25. The van der Waals surface area contributed by atoms with E-state index in [1.165, 1.54) is 14.2 Å². The fraction of sp³-hybridized carbons (Fsp3) is 0.348. The minimum Gasteiger partial charge on any atom is -0.493 e. The molecule has 172 valence electrons. The van der Waals surface area contributed by atoms with Crippen molar-refractivity contribution < 1.29 is 27.4 Å². The first kappa shape index (κ1) is 23.5. The number of fused-ring (bicyclic) bond motifs is 1. The Bertz CT molecular complexity index is 1210. The van der Waals surface area contributed by atoms with Gasteiger partial charge in [-0.25, -0.2) is 13.2 Å². The zero-order chi connectivity index (χ0) is 23.5. The third-order valence-corrected chi connectivity index (χ3v) is 6.26. The third kappa shape index (κ3) is 4.83. The minimum atomic E-state index is -3.98. The lowest BCUT2D eigenvalue weighted by Crippen LogP contribution is -2.16. The van der Waals surface area contributed by atoms with E-state index >= 15 is 0 Å². The summed E-state index contributed by atoms with van der Waals surface area (Å²) in [6.45, 7) is 6.02. The van der Waals surface area contributed by atoms with E-state index in [1.54, 1.807) is 43.3 Å². The Balaban J connectivity index is 2.09. The summed E-state index contributed by atoms with van der Waals surface area (Å²) in [7, 11) is -1.01. The molecule has 32 heavy (non-hydrogen) atoms. The number of anilines is 1. The number of ether oxygens (including phenoxy) is 3. The van der Waals surface area contributed by atoms with E-state index in [0.29, 0.717) is 28.3 Å². The van der Waals surface area contributed by atoms with Crippen LogP contribution in [-0.4, -0.2) is 40.2 Å². The molecule has 0 atom stereocenters. The Hall–Kier alpha value is -3.20. The fourth-order valence-electron chi connectivity index (χ4n) is 3.45. The summed E-state index contributed by atoms with van der Waals surface area (Å²) in [4.78, 5) is 15.6. The highest BCUT2D eigenvalue weighted by molar-refractivity contribution is 7.92. The molecular weight excluding hydrogens is 432 g/mol. The molecule has 9 heteroatoms. The van der Waals surface area contributed by atoms with Gasteiger partial charge >= 0.3 is 5.97 Å². The van der Waals surface area contributed by atoms with E-state index in [-0.39, 0.29) is 22.9 Å². The van der Waals surface area contributed by atoms with Crippen LogP contribution >= 0.6 is 0 Å². The second-order valence-corrected chi connectivity index (χ2v) is 9.38. The number of hydrogen-bond acceptors (Lipinski definition) is 6. The van der Waals surface area contributed by atoms with Gasteiger partial charge in [0.1, 0.15) is 0 Å². The summed E-state index contributed by atoms with van der Waals surface area (Å²) in [6, 6.07) is 9.95. The van der Waals surface area contributed by atoms with Crippen molar-refractivity contribution >= 4 is 32.6 Å². The lowest BCUT2D eigenvalue weighted by Gasteiger charge is -2.12. The van der Waals surface area contributed by atoms with Gasteiger partial charge in [-0.1, -0.05) is 26.0 Å². The Morgan fingerprint density at radius 2 is 1.69 bits per heavy atom. The molecule has 0 aliphatic rings. The lowest BCUT2D eigenvalue weighted by molar-refractivity contribution is 0.0522. The van der Waals surface area contributed by atoms with Crippen LogP contribution in [0.25, 0.3) is 10.9 Å². The highest BCUT2D eigenvalue weighted by atomic mass is 32.2. The average Bonchev–Trinajstić information content (AvgIpc) is 3.09. The molecule has 0 radical (unpaired) electrons. The monoisotopic (exact) mass is 460 g/mol. The largest absolute Gasteiger partial charge is 0.493 e. The zero-order valence-corrected chi connectivity index (χ0v) is 19.6. The van der Waals surface area contributed by atoms with Crippen molar-refractivity contribution in [3.8, 4) is 11.5 Å². The Kier molecular flexibility index (Phi) is 6.98. The Morgan fingerprint density at radius 3 is 2.25 bits per heavy atom. The number of benzene rings is 2. The van der Waals surface area contributed by atoms with Crippen molar-refractivity contribution in [3.63, 3.8) is 0 Å². The minimum absolute atomic E-state index is 0.00263. The molecule has 3 rings (SSSR count). The standard InChI is InChI=1S/C23H28N2O6S/c1-6-31-23(26)22-21(17-12-19(29-4)20(30-5)13-18(17)24-22)25-32(27,28)16-9-7-15(8-10-16)11-14(2)3/h7-10,12-14,24-25H,6,11H2,1-5H3. The average molecular weight is 461 g/mol. The van der Waals surface area contributed by atoms with Crippen molar-refractivity contribution in [1.29, 1.82) is 0 Å². The maximum Gasteiger partial charge on any atom is 0.356 e. The molecule has 2 N–H and O–H groups in total. The fourth-order valence-corrected chi connectivity index (χ4v) is 4.55. The molecule has 0 fully saturated rings. The molecule has 0 amide bonds. The van der Waals surface area contributed by atoms with Crippen molar-refractivity contribution in [1.82, 2.24) is 4.98 Å². The predicted molar refractivity (Wildman–Crippen MR) is 123 cm³/mol. The van der Waals surface area contributed by atoms with Crippen LogP contribution in [-0.2, 0) is 21.2 Å². The molecule has 0 spiro atoms. The van der Waals surface area contributed by atoms with Gasteiger partial charge in [0.25, 0.3) is 10.0 Å². The summed E-state index contributed by atoms with van der Waals surface area (Å²) in [6.07, 6.45) is 0.852. The van der Waals surface area contributed by atoms with Crippen LogP contribution < -0.4 is 14.2 Å². The van der Waals surface area contributed by atoms with E-state index in [1.807, 2.05) is 0 Å². The van der Waals surface area contributed by atoms with E-state index in [9.17, 15) is 13.2 Å². The van der Waals surface area contributed by atoms with Gasteiger partial charge in [0, 0.05) is 11.5 Å². The molecule has 2 aromatic carbocycles. The van der Waals surface area contributed by atoms with Crippen molar-refractivity contribution in [3.05, 3.63) is 47.7 Å². The van der Waals surface area contributed by atoms with Crippen molar-refractivity contribution in [2.45, 2.75) is 32.1 Å². The summed E-state index contributed by atoms with van der Waals surface area (Å²) in [5, 5.41) is 0.450. The number of rotatable bonds is 9. The van der Waals surface area contributed by atoms with Gasteiger partial charge in [-0.2, -0.15) is 0 Å². The number of sulfonamides is 1. The number of esters is 1. The smallest absolute Gasteiger partial charge is 0.356 e. The summed E-state index contributed by atoms with van der Waals surface area (Å²) < 4.78 is 44.6. The zero-order valence-electron chi connectivity index (χ0n) is 18.8. The Morgan fingerprint density at radius 1 is 1.06 bits per heavy atom. The highest BCUT2D eigenvalue weighted by Crippen LogP contribution is 2.38. The Labute approximate surface area is 187 Å². The first-order valence-electron chi connectivity index (χ1n) is 10.3. The summed E-state index contributed by atoms with van der Waals surface area (Å²) in [5.74, 6) is 0.618. The van der Waals surface area contributed by atoms with Crippen molar-refractivity contribution in [2.24, 2.45) is 5.92 Å². The molecule has 0 saturated heterocycles. The van der Waals surface area contributed by atoms with E-state index in [0.717, 1.165) is 12.0 Å². The molecule has 0 unspecified atom stereocenters. The van der Waals surface area contributed by atoms with E-state index < -0.39 is 16.0 Å². The molecule has 8 nitrogen and oxygen atoms in total. The van der Waals surface area contributed by atoms with Crippen LogP contribution in [0, 0.1) is 5.92 Å². The number of nitrogens with one attached hydrogen (secondary N) is 2. The predicted octanol–water partition coefficient (Wildman–Crippen LogP) is 4.36. The number of H-pyrrole nitrogens is 1. The molecule has 0 saturated carbocycles. The first-order chi connectivity index (χ1) is 15.2. The number of hydrogen-bond donors (Lipinski definition) is 2. The van der Waals surface area contributed by atoms with Crippen LogP contribution in [0.15, 0.2) is 41.3 Å². The topological polar surface area (TPSA) is 107 Å². The number of methoxy groups -OCH3 is 2.